The maximum atomic E-state index is 10.4. The van der Waals surface area contributed by atoms with Crippen LogP contribution in [0.5, 0.6) is 0 Å². The first-order valence-corrected chi connectivity index (χ1v) is 5.08. The first-order chi connectivity index (χ1) is 5.99. The van der Waals surface area contributed by atoms with Crippen LogP contribution >= 0.6 is 0 Å². The normalized spacial score (nSPS) is 38.3. The van der Waals surface area contributed by atoms with Crippen LogP contribution in [-0.2, 0) is 9.53 Å². The van der Waals surface area contributed by atoms with Crippen molar-refractivity contribution in [2.45, 2.75) is 46.6 Å². The average molecular weight is 184 g/mol. The molecule has 0 amide bonds. The zero-order chi connectivity index (χ0) is 10.1. The van der Waals surface area contributed by atoms with E-state index in [2.05, 4.69) is 27.7 Å². The van der Waals surface area contributed by atoms with Crippen molar-refractivity contribution in [3.63, 3.8) is 0 Å². The molecule has 3 unspecified atom stereocenters. The van der Waals surface area contributed by atoms with Gasteiger partial charge in [0.15, 0.2) is 0 Å². The molecule has 76 valence electrons. The minimum Gasteiger partial charge on any atom is -0.464 e. The molecule has 1 aliphatic carbocycles. The van der Waals surface area contributed by atoms with Crippen LogP contribution in [0.2, 0.25) is 0 Å². The Bertz CT molecular complexity index is 187. The Balaban J connectivity index is 2.75. The summed E-state index contributed by atoms with van der Waals surface area (Å²) in [6.45, 7) is 9.38. The smallest absolute Gasteiger partial charge is 0.293 e. The van der Waals surface area contributed by atoms with Gasteiger partial charge in [0, 0.05) is 5.41 Å². The van der Waals surface area contributed by atoms with Crippen molar-refractivity contribution in [2.24, 2.45) is 17.3 Å². The van der Waals surface area contributed by atoms with Gasteiger partial charge in [-0.1, -0.05) is 27.7 Å². The van der Waals surface area contributed by atoms with Crippen molar-refractivity contribution in [3.05, 3.63) is 0 Å². The van der Waals surface area contributed by atoms with E-state index in [0.29, 0.717) is 18.3 Å². The minimum atomic E-state index is 0.0914. The topological polar surface area (TPSA) is 26.3 Å². The maximum absolute atomic E-state index is 10.4. The molecule has 0 aliphatic heterocycles. The average Bonchev–Trinajstić information content (AvgIpc) is 2.07. The molecule has 0 aromatic carbocycles. The van der Waals surface area contributed by atoms with Gasteiger partial charge >= 0.3 is 0 Å². The second-order valence-corrected chi connectivity index (χ2v) is 5.02. The molecule has 1 fully saturated rings. The monoisotopic (exact) mass is 184 g/mol. The van der Waals surface area contributed by atoms with Crippen LogP contribution < -0.4 is 0 Å². The summed E-state index contributed by atoms with van der Waals surface area (Å²) in [5.74, 6) is 1.15. The molecule has 0 aromatic rings. The van der Waals surface area contributed by atoms with Gasteiger partial charge in [0.2, 0.25) is 0 Å². The third kappa shape index (κ3) is 2.04. The Morgan fingerprint density at radius 2 is 2.00 bits per heavy atom. The van der Waals surface area contributed by atoms with Crippen LogP contribution in [0.3, 0.4) is 0 Å². The molecular formula is C11H20O2. The van der Waals surface area contributed by atoms with Crippen molar-refractivity contribution in [2.75, 3.05) is 0 Å². The van der Waals surface area contributed by atoms with Gasteiger partial charge in [-0.05, 0) is 24.7 Å². The van der Waals surface area contributed by atoms with Crippen LogP contribution in [0.25, 0.3) is 0 Å². The molecule has 2 nitrogen and oxygen atoms in total. The van der Waals surface area contributed by atoms with Crippen LogP contribution in [-0.4, -0.2) is 12.6 Å². The predicted molar refractivity (Wildman–Crippen MR) is 52.3 cm³/mol. The predicted octanol–water partition coefficient (Wildman–Crippen LogP) is 2.62. The fourth-order valence-electron chi connectivity index (χ4n) is 2.38. The van der Waals surface area contributed by atoms with Crippen LogP contribution in [0.15, 0.2) is 0 Å². The van der Waals surface area contributed by atoms with Crippen molar-refractivity contribution < 1.29 is 9.53 Å². The Kier molecular flexibility index (Phi) is 2.99. The van der Waals surface area contributed by atoms with Crippen molar-refractivity contribution >= 4 is 6.47 Å². The molecule has 1 saturated carbocycles. The highest BCUT2D eigenvalue weighted by molar-refractivity contribution is 5.37. The van der Waals surface area contributed by atoms with Crippen molar-refractivity contribution in [1.29, 1.82) is 0 Å². The Morgan fingerprint density at radius 1 is 1.38 bits per heavy atom. The molecule has 0 aromatic heterocycles. The van der Waals surface area contributed by atoms with Gasteiger partial charge in [-0.3, -0.25) is 4.79 Å². The van der Waals surface area contributed by atoms with E-state index in [1.54, 1.807) is 0 Å². The lowest BCUT2D eigenvalue weighted by Gasteiger charge is -2.44. The summed E-state index contributed by atoms with van der Waals surface area (Å²) in [5, 5.41) is 0. The number of carbonyl (C=O) groups excluding carboxylic acids is 1. The molecule has 0 spiro atoms. The fraction of sp³-hybridized carbons (Fsp3) is 0.909. The van der Waals surface area contributed by atoms with E-state index in [1.165, 1.54) is 6.42 Å². The van der Waals surface area contributed by atoms with Gasteiger partial charge in [0.05, 0.1) is 0 Å². The zero-order valence-electron chi connectivity index (χ0n) is 9.04. The van der Waals surface area contributed by atoms with E-state index < -0.39 is 0 Å². The third-order valence-corrected chi connectivity index (χ3v) is 3.59. The summed E-state index contributed by atoms with van der Waals surface area (Å²) in [5.41, 5.74) is 0.146. The van der Waals surface area contributed by atoms with E-state index in [4.69, 9.17) is 4.74 Å². The highest BCUT2D eigenvalue weighted by Crippen LogP contribution is 2.43. The number of carbonyl (C=O) groups is 1. The van der Waals surface area contributed by atoms with Crippen LogP contribution in [0, 0.1) is 17.3 Å². The molecule has 0 bridgehead atoms. The second kappa shape index (κ2) is 3.69. The van der Waals surface area contributed by atoms with E-state index in [-0.39, 0.29) is 11.5 Å². The Hall–Kier alpha value is -0.530. The standard InChI is InChI=1S/C11H20O2/c1-8-5-6-11(3,4)10(9(8)2)13-7-12/h7-10H,5-6H2,1-4H3. The lowest BCUT2D eigenvalue weighted by Crippen LogP contribution is -2.43. The molecule has 13 heavy (non-hydrogen) atoms. The summed E-state index contributed by atoms with van der Waals surface area (Å²) >= 11 is 0. The molecule has 1 rings (SSSR count). The van der Waals surface area contributed by atoms with Gasteiger partial charge in [-0.2, -0.15) is 0 Å². The fourth-order valence-corrected chi connectivity index (χ4v) is 2.38. The molecule has 0 N–H and O–H groups in total. The van der Waals surface area contributed by atoms with Crippen LogP contribution in [0.1, 0.15) is 40.5 Å². The lowest BCUT2D eigenvalue weighted by atomic mass is 9.66. The number of rotatable bonds is 2. The first kappa shape index (κ1) is 10.6. The molecular weight excluding hydrogens is 164 g/mol. The largest absolute Gasteiger partial charge is 0.464 e. The number of hydrogen-bond acceptors (Lipinski definition) is 2. The second-order valence-electron chi connectivity index (χ2n) is 5.02. The van der Waals surface area contributed by atoms with E-state index in [0.717, 1.165) is 6.42 Å². The van der Waals surface area contributed by atoms with Crippen molar-refractivity contribution in [3.8, 4) is 0 Å². The first-order valence-electron chi connectivity index (χ1n) is 5.08. The zero-order valence-corrected chi connectivity index (χ0v) is 9.04. The molecule has 3 atom stereocenters. The maximum Gasteiger partial charge on any atom is 0.293 e. The van der Waals surface area contributed by atoms with Crippen molar-refractivity contribution in [1.82, 2.24) is 0 Å². The van der Waals surface area contributed by atoms with Crippen LogP contribution in [0.4, 0.5) is 0 Å². The summed E-state index contributed by atoms with van der Waals surface area (Å²) in [4.78, 5) is 10.4. The Morgan fingerprint density at radius 3 is 2.54 bits per heavy atom. The highest BCUT2D eigenvalue weighted by Gasteiger charge is 2.41. The van der Waals surface area contributed by atoms with Gasteiger partial charge in [0.25, 0.3) is 6.47 Å². The summed E-state index contributed by atoms with van der Waals surface area (Å²) in [7, 11) is 0. The highest BCUT2D eigenvalue weighted by atomic mass is 16.5. The van der Waals surface area contributed by atoms with Gasteiger partial charge in [-0.25, -0.2) is 0 Å². The van der Waals surface area contributed by atoms with Gasteiger partial charge in [-0.15, -0.1) is 0 Å². The summed E-state index contributed by atoms with van der Waals surface area (Å²) in [6.07, 6.45) is 2.48. The number of hydrogen-bond donors (Lipinski definition) is 0. The molecule has 0 saturated heterocycles. The van der Waals surface area contributed by atoms with Gasteiger partial charge in [0.1, 0.15) is 6.10 Å². The van der Waals surface area contributed by atoms with Gasteiger partial charge < -0.3 is 4.74 Å². The molecule has 2 heteroatoms. The molecule has 1 aliphatic rings. The summed E-state index contributed by atoms with van der Waals surface area (Å²) in [6, 6.07) is 0. The lowest BCUT2D eigenvalue weighted by molar-refractivity contribution is -0.150. The minimum absolute atomic E-state index is 0.0914. The van der Waals surface area contributed by atoms with E-state index >= 15 is 0 Å². The summed E-state index contributed by atoms with van der Waals surface area (Å²) < 4.78 is 5.20. The van der Waals surface area contributed by atoms with E-state index in [9.17, 15) is 4.79 Å². The Labute approximate surface area is 80.7 Å². The molecule has 0 radical (unpaired) electrons. The number of ether oxygens (including phenoxy) is 1. The van der Waals surface area contributed by atoms with E-state index in [1.807, 2.05) is 0 Å². The SMILES string of the molecule is CC1CCC(C)(C)C(OC=O)C1C. The third-order valence-electron chi connectivity index (χ3n) is 3.59. The molecule has 0 heterocycles. The quantitative estimate of drug-likeness (QED) is 0.617.